The number of hydrogen-bond donors (Lipinski definition) is 1. The van der Waals surface area contributed by atoms with Crippen LogP contribution >= 0.6 is 0 Å². The molecule has 7 heteroatoms. The number of Topliss-reactive ketones (excluding diaryl/α,β-unsaturated/α-hetero) is 1. The standard InChI is InChI=1S/C20H27NO6/c1-19(2,3)27-18(24)21-16(13-8-10-14(25-4)11-9-13)20(17(23)26-5)12-6-7-15(20)22/h8-11,16H,6-7,12H2,1-5H3,(H,21,24)/t16-,20-/m0/s1. The Morgan fingerprint density at radius 1 is 1.15 bits per heavy atom. The molecule has 1 aliphatic carbocycles. The minimum Gasteiger partial charge on any atom is -0.497 e. The van der Waals surface area contributed by atoms with Gasteiger partial charge in [-0.3, -0.25) is 9.59 Å². The number of methoxy groups -OCH3 is 2. The molecule has 1 aromatic carbocycles. The number of carbonyl (C=O) groups is 3. The Bertz CT molecular complexity index is 706. The van der Waals surface area contributed by atoms with E-state index < -0.39 is 29.1 Å². The molecule has 1 aliphatic rings. The summed E-state index contributed by atoms with van der Waals surface area (Å²) in [5, 5.41) is 2.73. The maximum Gasteiger partial charge on any atom is 0.408 e. The lowest BCUT2D eigenvalue weighted by molar-refractivity contribution is -0.158. The van der Waals surface area contributed by atoms with Crippen LogP contribution in [0.1, 0.15) is 51.6 Å². The number of rotatable bonds is 5. The van der Waals surface area contributed by atoms with Gasteiger partial charge in [0, 0.05) is 6.42 Å². The van der Waals surface area contributed by atoms with E-state index in [-0.39, 0.29) is 12.2 Å². The number of hydrogen-bond acceptors (Lipinski definition) is 6. The van der Waals surface area contributed by atoms with E-state index in [1.807, 2.05) is 0 Å². The van der Waals surface area contributed by atoms with Crippen LogP contribution in [-0.4, -0.2) is 37.7 Å². The van der Waals surface area contributed by atoms with Crippen molar-refractivity contribution < 1.29 is 28.6 Å². The van der Waals surface area contributed by atoms with Crippen LogP contribution in [0.4, 0.5) is 4.79 Å². The van der Waals surface area contributed by atoms with E-state index in [4.69, 9.17) is 14.2 Å². The van der Waals surface area contributed by atoms with Crippen LogP contribution in [0.25, 0.3) is 0 Å². The third kappa shape index (κ3) is 4.40. The average molecular weight is 377 g/mol. The predicted octanol–water partition coefficient (Wildman–Crippen LogP) is 3.17. The van der Waals surface area contributed by atoms with Gasteiger partial charge in [0.25, 0.3) is 0 Å². The van der Waals surface area contributed by atoms with Crippen molar-refractivity contribution in [3.63, 3.8) is 0 Å². The van der Waals surface area contributed by atoms with Crippen LogP contribution in [0.5, 0.6) is 5.75 Å². The highest BCUT2D eigenvalue weighted by atomic mass is 16.6. The van der Waals surface area contributed by atoms with E-state index in [0.717, 1.165) is 0 Å². The van der Waals surface area contributed by atoms with E-state index in [9.17, 15) is 14.4 Å². The molecule has 0 heterocycles. The second-order valence-electron chi connectivity index (χ2n) is 7.59. The van der Waals surface area contributed by atoms with Crippen molar-refractivity contribution >= 4 is 17.8 Å². The van der Waals surface area contributed by atoms with Gasteiger partial charge in [-0.25, -0.2) is 4.79 Å². The maximum absolute atomic E-state index is 12.8. The summed E-state index contributed by atoms with van der Waals surface area (Å²) < 4.78 is 15.5. The quantitative estimate of drug-likeness (QED) is 0.626. The van der Waals surface area contributed by atoms with Crippen LogP contribution in [0, 0.1) is 5.41 Å². The minimum atomic E-state index is -1.47. The van der Waals surface area contributed by atoms with E-state index in [2.05, 4.69) is 5.32 Å². The summed E-state index contributed by atoms with van der Waals surface area (Å²) in [4.78, 5) is 37.9. The fourth-order valence-electron chi connectivity index (χ4n) is 3.42. The summed E-state index contributed by atoms with van der Waals surface area (Å²) in [6.07, 6.45) is 0.408. The molecule has 0 aromatic heterocycles. The van der Waals surface area contributed by atoms with Crippen LogP contribution in [-0.2, 0) is 19.1 Å². The minimum absolute atomic E-state index is 0.244. The number of ketones is 1. The Hall–Kier alpha value is -2.57. The molecule has 0 aliphatic heterocycles. The van der Waals surface area contributed by atoms with Crippen LogP contribution in [0.3, 0.4) is 0 Å². The first kappa shape index (κ1) is 20.7. The zero-order valence-electron chi connectivity index (χ0n) is 16.5. The second kappa shape index (κ2) is 7.98. The van der Waals surface area contributed by atoms with E-state index in [1.54, 1.807) is 52.1 Å². The van der Waals surface area contributed by atoms with Gasteiger partial charge in [0.15, 0.2) is 11.2 Å². The Morgan fingerprint density at radius 2 is 1.78 bits per heavy atom. The Kier molecular flexibility index (Phi) is 6.13. The van der Waals surface area contributed by atoms with Crippen molar-refractivity contribution in [3.05, 3.63) is 29.8 Å². The first-order chi connectivity index (χ1) is 12.6. The molecule has 1 saturated carbocycles. The molecular formula is C20H27NO6. The van der Waals surface area contributed by atoms with Crippen molar-refractivity contribution in [2.24, 2.45) is 5.41 Å². The van der Waals surface area contributed by atoms with E-state index in [0.29, 0.717) is 24.2 Å². The number of alkyl carbamates (subject to hydrolysis) is 1. The first-order valence-electron chi connectivity index (χ1n) is 8.89. The second-order valence-corrected chi connectivity index (χ2v) is 7.59. The summed E-state index contributed by atoms with van der Waals surface area (Å²) in [6.45, 7) is 5.23. The maximum atomic E-state index is 12.8. The van der Waals surface area contributed by atoms with Crippen molar-refractivity contribution in [2.75, 3.05) is 14.2 Å². The number of benzene rings is 1. The molecule has 1 amide bonds. The SMILES string of the molecule is COC(=O)[C@@]1([C@@H](NC(=O)OC(C)(C)C)c2ccc(OC)cc2)CCCC1=O. The summed E-state index contributed by atoms with van der Waals surface area (Å²) in [5.41, 5.74) is -1.59. The molecule has 2 atom stereocenters. The van der Waals surface area contributed by atoms with Crippen molar-refractivity contribution in [2.45, 2.75) is 51.7 Å². The zero-order valence-corrected chi connectivity index (χ0v) is 16.5. The molecule has 0 radical (unpaired) electrons. The number of amides is 1. The van der Waals surface area contributed by atoms with Gasteiger partial charge in [-0.2, -0.15) is 0 Å². The van der Waals surface area contributed by atoms with Gasteiger partial charge in [0.05, 0.1) is 20.3 Å². The molecule has 0 spiro atoms. The van der Waals surface area contributed by atoms with Crippen LogP contribution < -0.4 is 10.1 Å². The molecule has 1 aromatic rings. The normalized spacial score (nSPS) is 20.7. The topological polar surface area (TPSA) is 90.9 Å². The van der Waals surface area contributed by atoms with Gasteiger partial charge in [0.1, 0.15) is 11.4 Å². The predicted molar refractivity (Wildman–Crippen MR) is 98.4 cm³/mol. The Balaban J connectivity index is 2.48. The molecule has 0 saturated heterocycles. The van der Waals surface area contributed by atoms with Crippen molar-refractivity contribution in [3.8, 4) is 5.75 Å². The van der Waals surface area contributed by atoms with E-state index in [1.165, 1.54) is 7.11 Å². The summed E-state index contributed by atoms with van der Waals surface area (Å²) >= 11 is 0. The lowest BCUT2D eigenvalue weighted by Crippen LogP contribution is -2.50. The van der Waals surface area contributed by atoms with Gasteiger partial charge >= 0.3 is 12.1 Å². The molecule has 7 nitrogen and oxygen atoms in total. The van der Waals surface area contributed by atoms with Gasteiger partial charge in [-0.15, -0.1) is 0 Å². The molecule has 1 fully saturated rings. The molecule has 0 unspecified atom stereocenters. The smallest absolute Gasteiger partial charge is 0.408 e. The molecule has 2 rings (SSSR count). The van der Waals surface area contributed by atoms with Gasteiger partial charge < -0.3 is 19.5 Å². The van der Waals surface area contributed by atoms with Gasteiger partial charge in [0.2, 0.25) is 0 Å². The lowest BCUT2D eigenvalue weighted by atomic mass is 9.74. The summed E-state index contributed by atoms with van der Waals surface area (Å²) in [7, 11) is 2.79. The van der Waals surface area contributed by atoms with E-state index >= 15 is 0 Å². The van der Waals surface area contributed by atoms with Crippen LogP contribution in [0.2, 0.25) is 0 Å². The fraction of sp³-hybridized carbons (Fsp3) is 0.550. The first-order valence-corrected chi connectivity index (χ1v) is 8.89. The largest absolute Gasteiger partial charge is 0.497 e. The highest BCUT2D eigenvalue weighted by Crippen LogP contribution is 2.46. The van der Waals surface area contributed by atoms with Gasteiger partial charge in [-0.1, -0.05) is 12.1 Å². The molecule has 1 N–H and O–H groups in total. The number of carbonyl (C=O) groups excluding carboxylic acids is 3. The number of ether oxygens (including phenoxy) is 3. The monoisotopic (exact) mass is 377 g/mol. The third-order valence-electron chi connectivity index (χ3n) is 4.63. The summed E-state index contributed by atoms with van der Waals surface area (Å²) in [6, 6.07) is 5.96. The molecule has 148 valence electrons. The van der Waals surface area contributed by atoms with Crippen molar-refractivity contribution in [1.82, 2.24) is 5.32 Å². The lowest BCUT2D eigenvalue weighted by Gasteiger charge is -2.35. The van der Waals surface area contributed by atoms with Gasteiger partial charge in [-0.05, 0) is 51.3 Å². The molecular weight excluding hydrogens is 350 g/mol. The summed E-state index contributed by atoms with van der Waals surface area (Å²) in [5.74, 6) is -0.271. The highest BCUT2D eigenvalue weighted by Gasteiger charge is 2.56. The zero-order chi connectivity index (χ0) is 20.2. The molecule has 0 bridgehead atoms. The Labute approximate surface area is 159 Å². The average Bonchev–Trinajstić information content (AvgIpc) is 3.00. The number of nitrogens with one attached hydrogen (secondary N) is 1. The fourth-order valence-corrected chi connectivity index (χ4v) is 3.42. The molecule has 27 heavy (non-hydrogen) atoms. The van der Waals surface area contributed by atoms with Crippen molar-refractivity contribution in [1.29, 1.82) is 0 Å². The third-order valence-corrected chi connectivity index (χ3v) is 4.63. The Morgan fingerprint density at radius 3 is 2.22 bits per heavy atom. The van der Waals surface area contributed by atoms with Crippen LogP contribution in [0.15, 0.2) is 24.3 Å². The number of esters is 1. The highest BCUT2D eigenvalue weighted by molar-refractivity contribution is 6.06.